The Morgan fingerprint density at radius 1 is 1.14 bits per heavy atom. The summed E-state index contributed by atoms with van der Waals surface area (Å²) in [4.78, 5) is 0. The van der Waals surface area contributed by atoms with Crippen molar-refractivity contribution in [3.8, 4) is 0 Å². The molecular weight excluding hydrogens is 178 g/mol. The molecular formula is C9H11N5. The molecule has 0 aliphatic carbocycles. The molecule has 14 heavy (non-hydrogen) atoms. The summed E-state index contributed by atoms with van der Waals surface area (Å²) in [6.45, 7) is 0.572. The number of hydrogen-bond acceptors (Lipinski definition) is 4. The van der Waals surface area contributed by atoms with Gasteiger partial charge in [0.05, 0.1) is 0 Å². The molecule has 1 aromatic heterocycles. The van der Waals surface area contributed by atoms with Gasteiger partial charge in [0.2, 0.25) is 0 Å². The van der Waals surface area contributed by atoms with Crippen LogP contribution >= 0.6 is 0 Å². The molecule has 0 aliphatic heterocycles. The molecule has 2 aromatic rings. The smallest absolute Gasteiger partial charge is 0.178 e. The van der Waals surface area contributed by atoms with E-state index in [1.807, 2.05) is 24.3 Å². The van der Waals surface area contributed by atoms with Crippen LogP contribution in [0.1, 0.15) is 17.0 Å². The fourth-order valence-corrected chi connectivity index (χ4v) is 1.23. The highest BCUT2D eigenvalue weighted by Crippen LogP contribution is 2.06. The Balaban J connectivity index is 2.10. The van der Waals surface area contributed by atoms with Gasteiger partial charge in [-0.25, -0.2) is 0 Å². The van der Waals surface area contributed by atoms with Gasteiger partial charge in [-0.15, -0.1) is 10.2 Å². The summed E-state index contributed by atoms with van der Waals surface area (Å²) < 4.78 is 0. The number of hydrogen-bond donors (Lipinski definition) is 2. The quantitative estimate of drug-likeness (QED) is 0.725. The maximum Gasteiger partial charge on any atom is 0.178 e. The molecule has 0 atom stereocenters. The van der Waals surface area contributed by atoms with Gasteiger partial charge in [0.15, 0.2) is 5.82 Å². The highest BCUT2D eigenvalue weighted by Gasteiger charge is 1.99. The second-order valence-corrected chi connectivity index (χ2v) is 3.03. The van der Waals surface area contributed by atoms with Gasteiger partial charge in [-0.2, -0.15) is 5.21 Å². The molecule has 1 aromatic carbocycles. The van der Waals surface area contributed by atoms with Crippen LogP contribution in [0.2, 0.25) is 0 Å². The van der Waals surface area contributed by atoms with E-state index in [2.05, 4.69) is 20.6 Å². The minimum absolute atomic E-state index is 0.572. The Kier molecular flexibility index (Phi) is 2.51. The summed E-state index contributed by atoms with van der Waals surface area (Å²) in [7, 11) is 0. The van der Waals surface area contributed by atoms with E-state index in [9.17, 15) is 0 Å². The lowest BCUT2D eigenvalue weighted by atomic mass is 10.1. The first kappa shape index (κ1) is 8.83. The van der Waals surface area contributed by atoms with Gasteiger partial charge in [0, 0.05) is 13.0 Å². The summed E-state index contributed by atoms with van der Waals surface area (Å²) >= 11 is 0. The Bertz CT molecular complexity index is 378. The second-order valence-electron chi connectivity index (χ2n) is 3.03. The number of aromatic amines is 1. The molecule has 0 radical (unpaired) electrons. The monoisotopic (exact) mass is 189 g/mol. The fraction of sp³-hybridized carbons (Fsp3) is 0.222. The van der Waals surface area contributed by atoms with Crippen molar-refractivity contribution in [2.75, 3.05) is 0 Å². The Hall–Kier alpha value is -1.75. The van der Waals surface area contributed by atoms with E-state index in [1.54, 1.807) is 0 Å². The summed E-state index contributed by atoms with van der Waals surface area (Å²) in [5.41, 5.74) is 7.78. The van der Waals surface area contributed by atoms with Gasteiger partial charge in [-0.1, -0.05) is 29.5 Å². The van der Waals surface area contributed by atoms with Crippen LogP contribution in [0, 0.1) is 0 Å². The van der Waals surface area contributed by atoms with E-state index >= 15 is 0 Å². The Morgan fingerprint density at radius 2 is 1.86 bits per heavy atom. The van der Waals surface area contributed by atoms with Crippen LogP contribution in [0.25, 0.3) is 0 Å². The van der Waals surface area contributed by atoms with Crippen molar-refractivity contribution in [2.24, 2.45) is 5.73 Å². The molecule has 5 heteroatoms. The molecule has 0 aliphatic rings. The number of aromatic nitrogens is 4. The number of H-pyrrole nitrogens is 1. The van der Waals surface area contributed by atoms with Crippen molar-refractivity contribution >= 4 is 0 Å². The molecule has 3 N–H and O–H groups in total. The molecule has 0 bridgehead atoms. The van der Waals surface area contributed by atoms with Crippen molar-refractivity contribution < 1.29 is 0 Å². The van der Waals surface area contributed by atoms with E-state index in [0.717, 1.165) is 11.1 Å². The molecule has 0 amide bonds. The average Bonchev–Trinajstić information content (AvgIpc) is 2.72. The van der Waals surface area contributed by atoms with E-state index in [4.69, 9.17) is 5.73 Å². The van der Waals surface area contributed by atoms with Crippen LogP contribution in [0.3, 0.4) is 0 Å². The van der Waals surface area contributed by atoms with E-state index in [1.165, 1.54) is 0 Å². The molecule has 0 saturated heterocycles. The van der Waals surface area contributed by atoms with Crippen molar-refractivity contribution in [3.05, 3.63) is 41.2 Å². The first-order valence-electron chi connectivity index (χ1n) is 4.38. The number of benzene rings is 1. The highest BCUT2D eigenvalue weighted by molar-refractivity contribution is 5.24. The molecule has 1 heterocycles. The largest absolute Gasteiger partial charge is 0.326 e. The predicted octanol–water partition coefficient (Wildman–Crippen LogP) is 0.249. The van der Waals surface area contributed by atoms with Gasteiger partial charge in [-0.05, 0) is 11.1 Å². The maximum atomic E-state index is 5.50. The third-order valence-corrected chi connectivity index (χ3v) is 2.01. The zero-order valence-corrected chi connectivity index (χ0v) is 7.64. The minimum Gasteiger partial charge on any atom is -0.326 e. The minimum atomic E-state index is 0.572. The van der Waals surface area contributed by atoms with Gasteiger partial charge in [0.25, 0.3) is 0 Å². The van der Waals surface area contributed by atoms with Crippen molar-refractivity contribution in [2.45, 2.75) is 13.0 Å². The van der Waals surface area contributed by atoms with Crippen molar-refractivity contribution in [1.82, 2.24) is 20.6 Å². The van der Waals surface area contributed by atoms with Crippen molar-refractivity contribution in [3.63, 3.8) is 0 Å². The van der Waals surface area contributed by atoms with Crippen LogP contribution in [-0.2, 0) is 13.0 Å². The van der Waals surface area contributed by atoms with E-state index < -0.39 is 0 Å². The molecule has 0 saturated carbocycles. The SMILES string of the molecule is NCc1ccc(Cc2nn[nH]n2)cc1. The molecule has 2 rings (SSSR count). The summed E-state index contributed by atoms with van der Waals surface area (Å²) in [6.07, 6.45) is 0.696. The number of nitrogens with two attached hydrogens (primary N) is 1. The van der Waals surface area contributed by atoms with E-state index in [0.29, 0.717) is 18.8 Å². The predicted molar refractivity (Wildman–Crippen MR) is 51.3 cm³/mol. The summed E-state index contributed by atoms with van der Waals surface area (Å²) in [5, 5.41) is 13.7. The standard InChI is InChI=1S/C9H11N5/c10-6-8-3-1-7(2-4-8)5-9-11-13-14-12-9/h1-4H,5-6,10H2,(H,11,12,13,14). The lowest BCUT2D eigenvalue weighted by molar-refractivity contribution is 0.881. The highest BCUT2D eigenvalue weighted by atomic mass is 15.5. The number of nitrogens with one attached hydrogen (secondary N) is 1. The van der Waals surface area contributed by atoms with Crippen LogP contribution in [-0.4, -0.2) is 20.6 Å². The van der Waals surface area contributed by atoms with Crippen LogP contribution in [0.15, 0.2) is 24.3 Å². The lowest BCUT2D eigenvalue weighted by Crippen LogP contribution is -1.97. The third-order valence-electron chi connectivity index (χ3n) is 2.01. The first-order valence-corrected chi connectivity index (χ1v) is 4.38. The van der Waals surface area contributed by atoms with Crippen LogP contribution in [0.5, 0.6) is 0 Å². The van der Waals surface area contributed by atoms with Gasteiger partial charge < -0.3 is 5.73 Å². The number of tetrazole rings is 1. The molecule has 0 spiro atoms. The first-order chi connectivity index (χ1) is 6.88. The molecule has 0 fully saturated rings. The molecule has 0 unspecified atom stereocenters. The van der Waals surface area contributed by atoms with Crippen molar-refractivity contribution in [1.29, 1.82) is 0 Å². The van der Waals surface area contributed by atoms with Crippen LogP contribution < -0.4 is 5.73 Å². The number of nitrogens with zero attached hydrogens (tertiary/aromatic N) is 3. The topological polar surface area (TPSA) is 80.5 Å². The fourth-order valence-electron chi connectivity index (χ4n) is 1.23. The zero-order chi connectivity index (χ0) is 9.80. The zero-order valence-electron chi connectivity index (χ0n) is 7.64. The molecule has 72 valence electrons. The Morgan fingerprint density at radius 3 is 2.43 bits per heavy atom. The van der Waals surface area contributed by atoms with Gasteiger partial charge in [0.1, 0.15) is 0 Å². The summed E-state index contributed by atoms with van der Waals surface area (Å²) in [5.74, 6) is 0.700. The summed E-state index contributed by atoms with van der Waals surface area (Å²) in [6, 6.07) is 8.07. The van der Waals surface area contributed by atoms with E-state index in [-0.39, 0.29) is 0 Å². The van der Waals surface area contributed by atoms with Gasteiger partial charge in [-0.3, -0.25) is 0 Å². The normalized spacial score (nSPS) is 10.4. The second kappa shape index (κ2) is 3.97. The Labute approximate surface area is 81.3 Å². The van der Waals surface area contributed by atoms with Crippen LogP contribution in [0.4, 0.5) is 0 Å². The third kappa shape index (κ3) is 1.94. The van der Waals surface area contributed by atoms with Gasteiger partial charge >= 0.3 is 0 Å². The number of rotatable bonds is 3. The lowest BCUT2D eigenvalue weighted by Gasteiger charge is -1.99. The molecule has 5 nitrogen and oxygen atoms in total. The average molecular weight is 189 g/mol. The maximum absolute atomic E-state index is 5.50.